The lowest BCUT2D eigenvalue weighted by Gasteiger charge is -2.26. The molecule has 7 nitrogen and oxygen atoms in total. The third-order valence-corrected chi connectivity index (χ3v) is 3.05. The SMILES string of the molecule is O=C(NN1CCCCC1)c1ccc(O)c([N+](=O)[O-])c1. The van der Waals surface area contributed by atoms with E-state index in [-0.39, 0.29) is 5.56 Å². The summed E-state index contributed by atoms with van der Waals surface area (Å²) in [6.07, 6.45) is 3.20. The summed E-state index contributed by atoms with van der Waals surface area (Å²) in [5.74, 6) is -0.843. The van der Waals surface area contributed by atoms with Crippen molar-refractivity contribution < 1.29 is 14.8 Å². The smallest absolute Gasteiger partial charge is 0.311 e. The molecule has 1 aliphatic rings. The zero-order valence-corrected chi connectivity index (χ0v) is 10.3. The number of hydrogen-bond acceptors (Lipinski definition) is 5. The van der Waals surface area contributed by atoms with E-state index in [0.29, 0.717) is 0 Å². The third-order valence-electron chi connectivity index (χ3n) is 3.05. The van der Waals surface area contributed by atoms with E-state index in [1.807, 2.05) is 5.01 Å². The molecule has 1 aromatic carbocycles. The molecule has 1 saturated heterocycles. The fourth-order valence-electron chi connectivity index (χ4n) is 2.02. The van der Waals surface area contributed by atoms with Gasteiger partial charge in [-0.25, -0.2) is 5.01 Å². The molecule has 0 aliphatic carbocycles. The van der Waals surface area contributed by atoms with E-state index in [2.05, 4.69) is 5.43 Å². The Morgan fingerprint density at radius 2 is 2.00 bits per heavy atom. The van der Waals surface area contributed by atoms with Crippen LogP contribution in [0.4, 0.5) is 5.69 Å². The van der Waals surface area contributed by atoms with Crippen LogP contribution in [0.15, 0.2) is 18.2 Å². The van der Waals surface area contributed by atoms with E-state index < -0.39 is 22.3 Å². The van der Waals surface area contributed by atoms with Gasteiger partial charge in [-0.1, -0.05) is 6.42 Å². The lowest BCUT2D eigenvalue weighted by Crippen LogP contribution is -2.45. The zero-order chi connectivity index (χ0) is 13.8. The number of amides is 1. The highest BCUT2D eigenvalue weighted by atomic mass is 16.6. The molecular weight excluding hydrogens is 250 g/mol. The van der Waals surface area contributed by atoms with Crippen molar-refractivity contribution >= 4 is 11.6 Å². The van der Waals surface area contributed by atoms with E-state index in [4.69, 9.17) is 0 Å². The Bertz CT molecular complexity index is 498. The van der Waals surface area contributed by atoms with Gasteiger partial charge in [0, 0.05) is 24.7 Å². The number of hydrogen-bond donors (Lipinski definition) is 2. The van der Waals surface area contributed by atoms with Crippen molar-refractivity contribution in [2.24, 2.45) is 0 Å². The first-order valence-electron chi connectivity index (χ1n) is 6.11. The van der Waals surface area contributed by atoms with Gasteiger partial charge in [-0.05, 0) is 25.0 Å². The first-order valence-corrected chi connectivity index (χ1v) is 6.11. The van der Waals surface area contributed by atoms with Gasteiger partial charge in [0.25, 0.3) is 5.91 Å². The predicted octanol–water partition coefficient (Wildman–Crippen LogP) is 1.43. The molecule has 102 valence electrons. The Kier molecular flexibility index (Phi) is 3.96. The van der Waals surface area contributed by atoms with Gasteiger partial charge in [0.05, 0.1) is 4.92 Å². The molecule has 1 aromatic rings. The molecule has 2 N–H and O–H groups in total. The molecule has 0 aromatic heterocycles. The van der Waals surface area contributed by atoms with Crippen molar-refractivity contribution in [1.82, 2.24) is 10.4 Å². The monoisotopic (exact) mass is 265 g/mol. The Hall–Kier alpha value is -2.15. The molecule has 1 aliphatic heterocycles. The second-order valence-corrected chi connectivity index (χ2v) is 4.45. The number of nitro groups is 1. The maximum absolute atomic E-state index is 11.9. The predicted molar refractivity (Wildman–Crippen MR) is 67.7 cm³/mol. The maximum Gasteiger partial charge on any atom is 0.311 e. The Morgan fingerprint density at radius 1 is 1.32 bits per heavy atom. The number of phenols is 1. The van der Waals surface area contributed by atoms with Crippen LogP contribution >= 0.6 is 0 Å². The minimum atomic E-state index is -0.715. The maximum atomic E-state index is 11.9. The molecule has 2 rings (SSSR count). The van der Waals surface area contributed by atoms with Gasteiger partial charge in [-0.3, -0.25) is 20.3 Å². The second-order valence-electron chi connectivity index (χ2n) is 4.45. The molecule has 19 heavy (non-hydrogen) atoms. The number of carbonyl (C=O) groups is 1. The minimum absolute atomic E-state index is 0.162. The van der Waals surface area contributed by atoms with Crippen molar-refractivity contribution in [1.29, 1.82) is 0 Å². The summed E-state index contributed by atoms with van der Waals surface area (Å²) in [6, 6.07) is 3.60. The van der Waals surface area contributed by atoms with Crippen LogP contribution in [0.5, 0.6) is 5.75 Å². The van der Waals surface area contributed by atoms with Crippen LogP contribution in [0.2, 0.25) is 0 Å². The van der Waals surface area contributed by atoms with E-state index in [1.54, 1.807) is 0 Å². The standard InChI is InChI=1S/C12H15N3O4/c16-11-5-4-9(8-10(11)15(18)19)12(17)13-14-6-2-1-3-7-14/h4-5,8,16H,1-3,6-7H2,(H,13,17). The van der Waals surface area contributed by atoms with Crippen LogP contribution in [0.3, 0.4) is 0 Å². The Labute approximate surface area is 110 Å². The molecule has 7 heteroatoms. The van der Waals surface area contributed by atoms with Crippen molar-refractivity contribution in [2.45, 2.75) is 19.3 Å². The first-order chi connectivity index (χ1) is 9.08. The van der Waals surface area contributed by atoms with Crippen molar-refractivity contribution in [3.63, 3.8) is 0 Å². The summed E-state index contributed by atoms with van der Waals surface area (Å²) in [5.41, 5.74) is 2.41. The van der Waals surface area contributed by atoms with E-state index in [1.165, 1.54) is 6.07 Å². The molecule has 0 bridgehead atoms. The average molecular weight is 265 g/mol. The number of rotatable bonds is 3. The molecule has 1 amide bonds. The van der Waals surface area contributed by atoms with Gasteiger partial charge in [0.2, 0.25) is 0 Å². The number of nitrogens with one attached hydrogen (secondary N) is 1. The number of nitrogens with zero attached hydrogens (tertiary/aromatic N) is 2. The number of benzene rings is 1. The topological polar surface area (TPSA) is 95.7 Å². The van der Waals surface area contributed by atoms with Crippen LogP contribution in [-0.2, 0) is 0 Å². The fourth-order valence-corrected chi connectivity index (χ4v) is 2.02. The molecule has 1 fully saturated rings. The summed E-state index contributed by atoms with van der Waals surface area (Å²) in [6.45, 7) is 1.57. The number of hydrazine groups is 1. The van der Waals surface area contributed by atoms with Crippen molar-refractivity contribution in [3.05, 3.63) is 33.9 Å². The van der Waals surface area contributed by atoms with Gasteiger partial charge >= 0.3 is 5.69 Å². The van der Waals surface area contributed by atoms with Crippen LogP contribution < -0.4 is 5.43 Å². The Balaban J connectivity index is 2.10. The zero-order valence-electron chi connectivity index (χ0n) is 10.3. The molecular formula is C12H15N3O4. The normalized spacial score (nSPS) is 16.0. The highest BCUT2D eigenvalue weighted by Gasteiger charge is 2.19. The molecule has 0 spiro atoms. The summed E-state index contributed by atoms with van der Waals surface area (Å²) < 4.78 is 0. The molecule has 0 atom stereocenters. The van der Waals surface area contributed by atoms with Crippen LogP contribution in [0, 0.1) is 10.1 Å². The van der Waals surface area contributed by atoms with Crippen LogP contribution in [0.1, 0.15) is 29.6 Å². The summed E-state index contributed by atoms with van der Waals surface area (Å²) in [5, 5.41) is 21.8. The quantitative estimate of drug-likeness (QED) is 0.636. The summed E-state index contributed by atoms with van der Waals surface area (Å²) in [4.78, 5) is 21.9. The molecule has 0 unspecified atom stereocenters. The highest BCUT2D eigenvalue weighted by molar-refractivity contribution is 5.94. The minimum Gasteiger partial charge on any atom is -0.502 e. The van der Waals surface area contributed by atoms with Gasteiger partial charge in [0.1, 0.15) is 0 Å². The second kappa shape index (κ2) is 5.66. The van der Waals surface area contributed by atoms with Crippen molar-refractivity contribution in [3.8, 4) is 5.75 Å². The molecule has 0 radical (unpaired) electrons. The highest BCUT2D eigenvalue weighted by Crippen LogP contribution is 2.26. The summed E-state index contributed by atoms with van der Waals surface area (Å²) >= 11 is 0. The van der Waals surface area contributed by atoms with Crippen molar-refractivity contribution in [2.75, 3.05) is 13.1 Å². The van der Waals surface area contributed by atoms with E-state index >= 15 is 0 Å². The third kappa shape index (κ3) is 3.19. The first kappa shape index (κ1) is 13.3. The molecule has 0 saturated carbocycles. The number of piperidine rings is 1. The summed E-state index contributed by atoms with van der Waals surface area (Å²) in [7, 11) is 0. The van der Waals surface area contributed by atoms with E-state index in [9.17, 15) is 20.0 Å². The lowest BCUT2D eigenvalue weighted by molar-refractivity contribution is -0.385. The van der Waals surface area contributed by atoms with Gasteiger partial charge in [-0.2, -0.15) is 0 Å². The average Bonchev–Trinajstić information content (AvgIpc) is 2.40. The fraction of sp³-hybridized carbons (Fsp3) is 0.417. The van der Waals surface area contributed by atoms with Gasteiger partial charge in [-0.15, -0.1) is 0 Å². The number of phenolic OH excluding ortho intramolecular Hbond substituents is 1. The lowest BCUT2D eigenvalue weighted by atomic mass is 10.1. The van der Waals surface area contributed by atoms with Gasteiger partial charge in [0.15, 0.2) is 5.75 Å². The largest absolute Gasteiger partial charge is 0.502 e. The van der Waals surface area contributed by atoms with E-state index in [0.717, 1.165) is 44.5 Å². The Morgan fingerprint density at radius 3 is 2.63 bits per heavy atom. The number of nitro benzene ring substituents is 1. The number of carbonyl (C=O) groups excluding carboxylic acids is 1. The van der Waals surface area contributed by atoms with Gasteiger partial charge < -0.3 is 5.11 Å². The molecule has 1 heterocycles. The van der Waals surface area contributed by atoms with Crippen LogP contribution in [0.25, 0.3) is 0 Å². The van der Waals surface area contributed by atoms with Crippen LogP contribution in [-0.4, -0.2) is 34.0 Å². The number of aromatic hydroxyl groups is 1.